The minimum absolute atomic E-state index is 0.217. The highest BCUT2D eigenvalue weighted by atomic mass is 19.2. The van der Waals surface area contributed by atoms with Gasteiger partial charge in [-0.25, -0.2) is 22.0 Å². The van der Waals surface area contributed by atoms with Crippen LogP contribution >= 0.6 is 0 Å². The number of carbonyl (C=O) groups is 2. The molecule has 1 aromatic carbocycles. The Morgan fingerprint density at radius 1 is 0.815 bits per heavy atom. The zero-order chi connectivity index (χ0) is 20.6. The lowest BCUT2D eigenvalue weighted by molar-refractivity contribution is -0.153. The molecule has 1 unspecified atom stereocenters. The molecule has 0 heterocycles. The number of hydrogen-bond acceptors (Lipinski definition) is 4. The molecule has 4 nitrogen and oxygen atoms in total. The Labute approximate surface area is 153 Å². The first-order chi connectivity index (χ1) is 12.7. The van der Waals surface area contributed by atoms with Crippen molar-refractivity contribution in [3.05, 3.63) is 34.6 Å². The molecule has 0 amide bonds. The van der Waals surface area contributed by atoms with E-state index >= 15 is 0 Å². The van der Waals surface area contributed by atoms with Crippen LogP contribution in [0.25, 0.3) is 0 Å². The maximum absolute atomic E-state index is 13.7. The summed E-state index contributed by atoms with van der Waals surface area (Å²) >= 11 is 0. The molecule has 0 aliphatic rings. The summed E-state index contributed by atoms with van der Waals surface area (Å²) in [7, 11) is 0. The third kappa shape index (κ3) is 6.48. The normalized spacial score (nSPS) is 12.0. The number of ether oxygens (including phenoxy) is 2. The Balaban J connectivity index is 2.55. The van der Waals surface area contributed by atoms with Crippen molar-refractivity contribution < 1.29 is 41.0 Å². The van der Waals surface area contributed by atoms with Crippen LogP contribution in [0, 0.1) is 29.1 Å². The molecule has 27 heavy (non-hydrogen) atoms. The molecule has 0 saturated carbocycles. The summed E-state index contributed by atoms with van der Waals surface area (Å²) in [6.45, 7) is 3.21. The van der Waals surface area contributed by atoms with Gasteiger partial charge >= 0.3 is 11.9 Å². The van der Waals surface area contributed by atoms with Crippen molar-refractivity contribution >= 4 is 11.9 Å². The highest BCUT2D eigenvalue weighted by Crippen LogP contribution is 2.29. The first-order valence-electron chi connectivity index (χ1n) is 8.57. The lowest BCUT2D eigenvalue weighted by Crippen LogP contribution is -2.16. The van der Waals surface area contributed by atoms with E-state index in [9.17, 15) is 31.5 Å². The summed E-state index contributed by atoms with van der Waals surface area (Å²) in [5.41, 5.74) is -1.25. The van der Waals surface area contributed by atoms with Gasteiger partial charge in [0.05, 0.1) is 25.0 Å². The van der Waals surface area contributed by atoms with Gasteiger partial charge in [0.2, 0.25) is 5.82 Å². The minimum atomic E-state index is -2.30. The van der Waals surface area contributed by atoms with Crippen LogP contribution in [-0.2, 0) is 19.1 Å². The van der Waals surface area contributed by atoms with E-state index < -0.39 is 59.1 Å². The average Bonchev–Trinajstić information content (AvgIpc) is 2.63. The number of carbonyl (C=O) groups excluding carboxylic acids is 2. The van der Waals surface area contributed by atoms with E-state index in [1.54, 1.807) is 0 Å². The number of esters is 2. The summed E-state index contributed by atoms with van der Waals surface area (Å²) in [5, 5.41) is 0. The van der Waals surface area contributed by atoms with Gasteiger partial charge in [0.25, 0.3) is 0 Å². The van der Waals surface area contributed by atoms with Crippen molar-refractivity contribution in [2.75, 3.05) is 6.61 Å². The third-order valence-corrected chi connectivity index (χ3v) is 3.75. The Kier molecular flexibility index (Phi) is 9.17. The third-order valence-electron chi connectivity index (χ3n) is 3.75. The van der Waals surface area contributed by atoms with Gasteiger partial charge in [0.1, 0.15) is 6.10 Å². The van der Waals surface area contributed by atoms with Crippen molar-refractivity contribution in [2.45, 2.75) is 58.5 Å². The van der Waals surface area contributed by atoms with Crippen molar-refractivity contribution in [1.29, 1.82) is 0 Å². The van der Waals surface area contributed by atoms with Crippen molar-refractivity contribution in [2.24, 2.45) is 0 Å². The Hall–Kier alpha value is -2.19. The Morgan fingerprint density at radius 2 is 1.33 bits per heavy atom. The van der Waals surface area contributed by atoms with Gasteiger partial charge in [-0.2, -0.15) is 0 Å². The van der Waals surface area contributed by atoms with Crippen LogP contribution in [0.3, 0.4) is 0 Å². The quantitative estimate of drug-likeness (QED) is 0.186. The molecule has 0 radical (unpaired) electrons. The van der Waals surface area contributed by atoms with Crippen LogP contribution in [0.5, 0.6) is 0 Å². The van der Waals surface area contributed by atoms with Crippen LogP contribution in [0.15, 0.2) is 0 Å². The fraction of sp³-hybridized carbons (Fsp3) is 0.556. The Bertz CT molecular complexity index is 649. The summed E-state index contributed by atoms with van der Waals surface area (Å²) in [5.74, 6) is -12.4. The highest BCUT2D eigenvalue weighted by molar-refractivity contribution is 5.77. The smallest absolute Gasteiger partial charge is 0.306 e. The number of hydrogen-bond donors (Lipinski definition) is 0. The van der Waals surface area contributed by atoms with Crippen molar-refractivity contribution in [3.8, 4) is 0 Å². The topological polar surface area (TPSA) is 52.6 Å². The fourth-order valence-electron chi connectivity index (χ4n) is 2.28. The molecule has 1 aromatic rings. The second-order valence-electron chi connectivity index (χ2n) is 5.90. The van der Waals surface area contributed by atoms with E-state index in [4.69, 9.17) is 4.74 Å². The van der Waals surface area contributed by atoms with Crippen molar-refractivity contribution in [3.63, 3.8) is 0 Å². The summed E-state index contributed by atoms with van der Waals surface area (Å²) in [4.78, 5) is 23.1. The van der Waals surface area contributed by atoms with Crippen LogP contribution in [0.2, 0.25) is 0 Å². The van der Waals surface area contributed by atoms with E-state index in [2.05, 4.69) is 4.74 Å². The molecule has 1 atom stereocenters. The fourth-order valence-corrected chi connectivity index (χ4v) is 2.28. The average molecular weight is 396 g/mol. The second-order valence-corrected chi connectivity index (χ2v) is 5.90. The van der Waals surface area contributed by atoms with Crippen LogP contribution in [-0.4, -0.2) is 18.5 Å². The molecule has 0 aliphatic carbocycles. The van der Waals surface area contributed by atoms with E-state index in [-0.39, 0.29) is 13.0 Å². The lowest BCUT2D eigenvalue weighted by Gasteiger charge is -2.16. The van der Waals surface area contributed by atoms with Crippen molar-refractivity contribution in [1.82, 2.24) is 0 Å². The van der Waals surface area contributed by atoms with E-state index in [1.807, 2.05) is 6.92 Å². The summed E-state index contributed by atoms with van der Waals surface area (Å²) < 4.78 is 76.3. The summed E-state index contributed by atoms with van der Waals surface area (Å²) in [6.07, 6.45) is 1.14. The second kappa shape index (κ2) is 10.8. The molecule has 1 rings (SSSR count). The standard InChI is InChI=1S/C18H21F5O4/c1-3-4-5-6-9-26-11(24)7-8-12(25)27-10(2)13-14(19)16(21)18(23)17(22)15(13)20/h10H,3-9H2,1-2H3. The molecule has 0 spiro atoms. The zero-order valence-electron chi connectivity index (χ0n) is 15.0. The van der Waals surface area contributed by atoms with Gasteiger partial charge in [-0.15, -0.1) is 0 Å². The number of rotatable bonds is 10. The first-order valence-corrected chi connectivity index (χ1v) is 8.57. The minimum Gasteiger partial charge on any atom is -0.466 e. The predicted octanol–water partition coefficient (Wildman–Crippen LogP) is 4.89. The van der Waals surface area contributed by atoms with Gasteiger partial charge < -0.3 is 9.47 Å². The van der Waals surface area contributed by atoms with E-state index in [1.165, 1.54) is 0 Å². The van der Waals surface area contributed by atoms with Gasteiger partial charge in [-0.1, -0.05) is 26.2 Å². The molecule has 0 bridgehead atoms. The molecule has 0 saturated heterocycles. The molecule has 0 aliphatic heterocycles. The predicted molar refractivity (Wildman–Crippen MR) is 85.1 cm³/mol. The molecule has 0 fully saturated rings. The van der Waals surface area contributed by atoms with Gasteiger partial charge in [-0.05, 0) is 13.3 Å². The van der Waals surface area contributed by atoms with Crippen LogP contribution in [0.1, 0.15) is 64.0 Å². The van der Waals surface area contributed by atoms with Gasteiger partial charge in [0.15, 0.2) is 23.3 Å². The SMILES string of the molecule is CCCCCCOC(=O)CCC(=O)OC(C)c1c(F)c(F)c(F)c(F)c1F. The number of benzene rings is 1. The Morgan fingerprint density at radius 3 is 1.89 bits per heavy atom. The molecule has 0 N–H and O–H groups in total. The van der Waals surface area contributed by atoms with Gasteiger partial charge in [-0.3, -0.25) is 9.59 Å². The maximum atomic E-state index is 13.7. The van der Waals surface area contributed by atoms with Crippen LogP contribution in [0.4, 0.5) is 22.0 Å². The summed E-state index contributed by atoms with van der Waals surface area (Å²) in [6, 6.07) is 0. The monoisotopic (exact) mass is 396 g/mol. The highest BCUT2D eigenvalue weighted by Gasteiger charge is 2.30. The molecule has 0 aromatic heterocycles. The van der Waals surface area contributed by atoms with Gasteiger partial charge in [0, 0.05) is 0 Å². The molecular formula is C18H21F5O4. The number of halogens is 5. The number of unbranched alkanes of at least 4 members (excludes halogenated alkanes) is 3. The lowest BCUT2D eigenvalue weighted by atomic mass is 10.1. The molecular weight excluding hydrogens is 375 g/mol. The van der Waals surface area contributed by atoms with E-state index in [0.29, 0.717) is 6.42 Å². The largest absolute Gasteiger partial charge is 0.466 e. The maximum Gasteiger partial charge on any atom is 0.306 e. The molecule has 9 heteroatoms. The first kappa shape index (κ1) is 22.9. The van der Waals surface area contributed by atoms with Crippen LogP contribution < -0.4 is 0 Å². The molecule has 152 valence electrons. The van der Waals surface area contributed by atoms with E-state index in [0.717, 1.165) is 26.2 Å². The zero-order valence-corrected chi connectivity index (χ0v) is 15.0.